The highest BCUT2D eigenvalue weighted by Crippen LogP contribution is 2.25. The predicted molar refractivity (Wildman–Crippen MR) is 101 cm³/mol. The van der Waals surface area contributed by atoms with Crippen LogP contribution in [0, 0.1) is 0 Å². The molecule has 0 fully saturated rings. The third-order valence-corrected chi connectivity index (χ3v) is 5.23. The summed E-state index contributed by atoms with van der Waals surface area (Å²) in [7, 11) is -3.40. The molecule has 3 aromatic rings. The largest absolute Gasteiger partial charge is 0.327 e. The highest BCUT2D eigenvalue weighted by molar-refractivity contribution is 7.89. The van der Waals surface area contributed by atoms with E-state index >= 15 is 0 Å². The molecule has 134 valence electrons. The Hall–Kier alpha value is -1.99. The van der Waals surface area contributed by atoms with Crippen LogP contribution in [0.25, 0.3) is 21.9 Å². The summed E-state index contributed by atoms with van der Waals surface area (Å²) in [4.78, 5) is 9.29. The number of pyridine rings is 1. The van der Waals surface area contributed by atoms with Crippen molar-refractivity contribution in [2.75, 3.05) is 5.75 Å². The van der Waals surface area contributed by atoms with E-state index in [2.05, 4.69) is 22.5 Å². The smallest absolute Gasteiger partial charge is 0.209 e. The lowest BCUT2D eigenvalue weighted by molar-refractivity contribution is 0.579. The number of unbranched alkanes of at least 4 members (excludes halogenated alkanes) is 2. The van der Waals surface area contributed by atoms with Crippen LogP contribution >= 0.6 is 0 Å². The lowest BCUT2D eigenvalue weighted by Gasteiger charge is -2.10. The van der Waals surface area contributed by atoms with Crippen LogP contribution in [0.3, 0.4) is 0 Å². The predicted octanol–water partition coefficient (Wildman–Crippen LogP) is 3.00. The number of aromatic nitrogens is 3. The van der Waals surface area contributed by atoms with E-state index in [1.165, 1.54) is 0 Å². The zero-order valence-corrected chi connectivity index (χ0v) is 15.3. The van der Waals surface area contributed by atoms with E-state index in [1.54, 1.807) is 0 Å². The quantitative estimate of drug-likeness (QED) is 0.625. The average molecular weight is 360 g/mol. The minimum atomic E-state index is -3.40. The second-order valence-electron chi connectivity index (χ2n) is 6.37. The number of nitrogens with zero attached hydrogens (tertiary/aromatic N) is 3. The molecule has 0 spiro atoms. The second kappa shape index (κ2) is 7.49. The van der Waals surface area contributed by atoms with E-state index < -0.39 is 10.0 Å². The molecule has 2 N–H and O–H groups in total. The molecule has 1 aromatic carbocycles. The van der Waals surface area contributed by atoms with Crippen LogP contribution in [-0.2, 0) is 23.0 Å². The minimum absolute atomic E-state index is 0.0201. The van der Waals surface area contributed by atoms with Gasteiger partial charge < -0.3 is 4.57 Å². The number of aryl methyl sites for hydroxylation is 2. The van der Waals surface area contributed by atoms with Crippen LogP contribution in [0.2, 0.25) is 0 Å². The number of nitrogens with two attached hydrogens (primary N) is 1. The SMILES string of the molecule is CCCCc1nc2cnc3ccccc3c2n1CCCCS(N)(=O)=O. The highest BCUT2D eigenvalue weighted by atomic mass is 32.2. The zero-order valence-electron chi connectivity index (χ0n) is 14.5. The Morgan fingerprint density at radius 1 is 1.12 bits per heavy atom. The molecule has 0 aliphatic rings. The summed E-state index contributed by atoms with van der Waals surface area (Å²) in [6, 6.07) is 8.05. The summed E-state index contributed by atoms with van der Waals surface area (Å²) in [6.07, 6.45) is 6.22. The Morgan fingerprint density at radius 2 is 1.92 bits per heavy atom. The summed E-state index contributed by atoms with van der Waals surface area (Å²) in [5, 5.41) is 6.19. The van der Waals surface area contributed by atoms with Crippen molar-refractivity contribution in [1.29, 1.82) is 0 Å². The first-order chi connectivity index (χ1) is 12.0. The number of benzene rings is 1. The van der Waals surface area contributed by atoms with Gasteiger partial charge in [-0.05, 0) is 25.3 Å². The molecule has 0 saturated heterocycles. The minimum Gasteiger partial charge on any atom is -0.327 e. The van der Waals surface area contributed by atoms with Gasteiger partial charge >= 0.3 is 0 Å². The maximum atomic E-state index is 11.1. The third kappa shape index (κ3) is 4.16. The van der Waals surface area contributed by atoms with Crippen LogP contribution in [0.15, 0.2) is 30.5 Å². The van der Waals surface area contributed by atoms with Gasteiger partial charge in [-0.15, -0.1) is 0 Å². The Bertz CT molecular complexity index is 979. The fraction of sp³-hybridized carbons (Fsp3) is 0.444. The molecular weight excluding hydrogens is 336 g/mol. The molecule has 3 rings (SSSR count). The lowest BCUT2D eigenvalue weighted by atomic mass is 10.2. The Balaban J connectivity index is 1.98. The first-order valence-electron chi connectivity index (χ1n) is 8.73. The average Bonchev–Trinajstić information content (AvgIpc) is 2.94. The molecule has 6 nitrogen and oxygen atoms in total. The number of hydrogen-bond acceptors (Lipinski definition) is 4. The van der Waals surface area contributed by atoms with Crippen molar-refractivity contribution in [2.45, 2.75) is 45.6 Å². The summed E-state index contributed by atoms with van der Waals surface area (Å²) in [5.41, 5.74) is 2.94. The number of rotatable bonds is 8. The first-order valence-corrected chi connectivity index (χ1v) is 10.4. The summed E-state index contributed by atoms with van der Waals surface area (Å²) in [5.74, 6) is 1.07. The van der Waals surface area contributed by atoms with Crippen LogP contribution in [0.5, 0.6) is 0 Å². The van der Waals surface area contributed by atoms with Crippen molar-refractivity contribution in [3.05, 3.63) is 36.3 Å². The van der Waals surface area contributed by atoms with Crippen molar-refractivity contribution >= 4 is 32.0 Å². The molecule has 0 saturated carbocycles. The van der Waals surface area contributed by atoms with E-state index in [1.807, 2.05) is 24.4 Å². The number of hydrogen-bond donors (Lipinski definition) is 1. The van der Waals surface area contributed by atoms with Crippen molar-refractivity contribution < 1.29 is 8.42 Å². The molecule has 0 atom stereocenters. The lowest BCUT2D eigenvalue weighted by Crippen LogP contribution is -2.17. The van der Waals surface area contributed by atoms with Gasteiger partial charge in [0.15, 0.2) is 0 Å². The van der Waals surface area contributed by atoms with E-state index in [9.17, 15) is 8.42 Å². The van der Waals surface area contributed by atoms with E-state index in [-0.39, 0.29) is 5.75 Å². The van der Waals surface area contributed by atoms with Crippen molar-refractivity contribution in [3.8, 4) is 0 Å². The van der Waals surface area contributed by atoms with Crippen molar-refractivity contribution in [1.82, 2.24) is 14.5 Å². The fourth-order valence-corrected chi connectivity index (χ4v) is 3.76. The monoisotopic (exact) mass is 360 g/mol. The molecule has 0 aliphatic heterocycles. The molecular formula is C18H24N4O2S. The first kappa shape index (κ1) is 17.8. The van der Waals surface area contributed by atoms with Gasteiger partial charge in [-0.3, -0.25) is 4.98 Å². The van der Waals surface area contributed by atoms with E-state index in [4.69, 9.17) is 10.1 Å². The maximum Gasteiger partial charge on any atom is 0.209 e. The Morgan fingerprint density at radius 3 is 2.68 bits per heavy atom. The van der Waals surface area contributed by atoms with Gasteiger partial charge in [-0.25, -0.2) is 18.5 Å². The van der Waals surface area contributed by atoms with Gasteiger partial charge in [0, 0.05) is 18.4 Å². The second-order valence-corrected chi connectivity index (χ2v) is 8.10. The summed E-state index contributed by atoms with van der Waals surface area (Å²) in [6.45, 7) is 2.90. The number of para-hydroxylation sites is 1. The van der Waals surface area contributed by atoms with Gasteiger partial charge in [0.25, 0.3) is 0 Å². The van der Waals surface area contributed by atoms with Gasteiger partial charge in [-0.2, -0.15) is 0 Å². The van der Waals surface area contributed by atoms with Crippen molar-refractivity contribution in [3.63, 3.8) is 0 Å². The number of fused-ring (bicyclic) bond motifs is 3. The number of imidazole rings is 1. The van der Waals surface area contributed by atoms with Crippen LogP contribution in [0.1, 0.15) is 38.4 Å². The van der Waals surface area contributed by atoms with Gasteiger partial charge in [-0.1, -0.05) is 31.5 Å². The molecule has 2 aromatic heterocycles. The molecule has 7 heteroatoms. The van der Waals surface area contributed by atoms with Crippen molar-refractivity contribution in [2.24, 2.45) is 5.14 Å². The topological polar surface area (TPSA) is 90.9 Å². The summed E-state index contributed by atoms with van der Waals surface area (Å²) >= 11 is 0. The van der Waals surface area contributed by atoms with E-state index in [0.717, 1.165) is 60.0 Å². The molecule has 0 aliphatic carbocycles. The summed E-state index contributed by atoms with van der Waals surface area (Å²) < 4.78 is 24.5. The van der Waals surface area contributed by atoms with Gasteiger partial charge in [0.05, 0.1) is 23.0 Å². The standard InChI is InChI=1S/C18H24N4O2S/c1-2-3-10-17-21-16-13-20-15-9-5-4-8-14(15)18(16)22(17)11-6-7-12-25(19,23)24/h4-5,8-9,13H,2-3,6-7,10-12H2,1H3,(H2,19,23,24). The Kier molecular flexibility index (Phi) is 5.34. The van der Waals surface area contributed by atoms with Gasteiger partial charge in [0.1, 0.15) is 11.3 Å². The molecule has 2 heterocycles. The molecule has 25 heavy (non-hydrogen) atoms. The van der Waals surface area contributed by atoms with Crippen LogP contribution in [-0.4, -0.2) is 28.7 Å². The van der Waals surface area contributed by atoms with Gasteiger partial charge in [0.2, 0.25) is 10.0 Å². The highest BCUT2D eigenvalue weighted by Gasteiger charge is 2.14. The number of sulfonamides is 1. The molecule has 0 bridgehead atoms. The Labute approximate surface area is 148 Å². The molecule has 0 amide bonds. The normalized spacial score (nSPS) is 12.2. The van der Waals surface area contributed by atoms with E-state index in [0.29, 0.717) is 6.42 Å². The molecule has 0 radical (unpaired) electrons. The number of primary sulfonamides is 1. The zero-order chi connectivity index (χ0) is 17.9. The van der Waals surface area contributed by atoms with Crippen LogP contribution in [0.4, 0.5) is 0 Å². The fourth-order valence-electron chi connectivity index (χ4n) is 3.15. The third-order valence-electron chi connectivity index (χ3n) is 4.37. The maximum absolute atomic E-state index is 11.1. The van der Waals surface area contributed by atoms with Crippen LogP contribution < -0.4 is 5.14 Å². The molecule has 0 unspecified atom stereocenters.